The summed E-state index contributed by atoms with van der Waals surface area (Å²) in [6.07, 6.45) is 8.54. The summed E-state index contributed by atoms with van der Waals surface area (Å²) in [6, 6.07) is 2.58. The first kappa shape index (κ1) is 17.5. The normalized spacial score (nSPS) is 18.6. The van der Waals surface area contributed by atoms with Crippen LogP contribution in [0.2, 0.25) is 0 Å². The number of hydrogen-bond acceptors (Lipinski definition) is 5. The molecule has 0 saturated carbocycles. The molecule has 0 radical (unpaired) electrons. The topological polar surface area (TPSA) is 69.7 Å². The van der Waals surface area contributed by atoms with E-state index in [0.717, 1.165) is 56.2 Å². The lowest BCUT2D eigenvalue weighted by Gasteiger charge is -2.32. The van der Waals surface area contributed by atoms with Gasteiger partial charge in [-0.05, 0) is 64.0 Å². The van der Waals surface area contributed by atoms with Gasteiger partial charge in [-0.2, -0.15) is 5.10 Å². The van der Waals surface area contributed by atoms with E-state index in [2.05, 4.69) is 30.4 Å². The summed E-state index contributed by atoms with van der Waals surface area (Å²) in [5.41, 5.74) is 6.19. The van der Waals surface area contributed by atoms with Crippen LogP contribution in [0.3, 0.4) is 0 Å². The van der Waals surface area contributed by atoms with Crippen molar-refractivity contribution in [2.75, 3.05) is 18.0 Å². The number of fused-ring (bicyclic) bond motifs is 1. The Labute approximate surface area is 155 Å². The SMILES string of the molecule is Cc1cc(C)nc(N2CCC(NCc3n[nH]c4c3CCCCC4)CC2)n1. The number of rotatable bonds is 4. The first-order chi connectivity index (χ1) is 12.7. The fraction of sp³-hybridized carbons (Fsp3) is 0.650. The Hall–Kier alpha value is -1.95. The monoisotopic (exact) mass is 354 g/mol. The highest BCUT2D eigenvalue weighted by molar-refractivity contribution is 5.33. The van der Waals surface area contributed by atoms with E-state index >= 15 is 0 Å². The maximum Gasteiger partial charge on any atom is 0.225 e. The van der Waals surface area contributed by atoms with E-state index in [-0.39, 0.29) is 0 Å². The molecule has 140 valence electrons. The maximum atomic E-state index is 4.61. The van der Waals surface area contributed by atoms with Crippen LogP contribution >= 0.6 is 0 Å². The molecule has 3 heterocycles. The molecule has 1 saturated heterocycles. The van der Waals surface area contributed by atoms with Gasteiger partial charge < -0.3 is 10.2 Å². The van der Waals surface area contributed by atoms with Crippen LogP contribution in [0, 0.1) is 13.8 Å². The predicted octanol–water partition coefficient (Wildman–Crippen LogP) is 2.84. The second-order valence-electron chi connectivity index (χ2n) is 7.78. The van der Waals surface area contributed by atoms with Gasteiger partial charge in [-0.3, -0.25) is 5.10 Å². The molecule has 2 aliphatic rings. The van der Waals surface area contributed by atoms with Crippen LogP contribution in [0.4, 0.5) is 5.95 Å². The van der Waals surface area contributed by atoms with Gasteiger partial charge in [0.15, 0.2) is 0 Å². The van der Waals surface area contributed by atoms with Crippen molar-refractivity contribution in [3.05, 3.63) is 34.4 Å². The van der Waals surface area contributed by atoms with Gasteiger partial charge in [-0.1, -0.05) is 6.42 Å². The van der Waals surface area contributed by atoms with Crippen LogP contribution in [0.1, 0.15) is 60.4 Å². The van der Waals surface area contributed by atoms with Gasteiger partial charge in [0.2, 0.25) is 5.95 Å². The average molecular weight is 355 g/mol. The zero-order valence-electron chi connectivity index (χ0n) is 16.0. The Morgan fingerprint density at radius 1 is 1.08 bits per heavy atom. The number of anilines is 1. The molecule has 2 aromatic rings. The molecule has 1 aliphatic heterocycles. The minimum absolute atomic E-state index is 0.551. The summed E-state index contributed by atoms with van der Waals surface area (Å²) in [5, 5.41) is 11.6. The van der Waals surface area contributed by atoms with E-state index in [0.29, 0.717) is 6.04 Å². The number of nitrogens with one attached hydrogen (secondary N) is 2. The van der Waals surface area contributed by atoms with Crippen molar-refractivity contribution < 1.29 is 0 Å². The van der Waals surface area contributed by atoms with E-state index in [4.69, 9.17) is 0 Å². The van der Waals surface area contributed by atoms with Crippen LogP contribution < -0.4 is 10.2 Å². The lowest BCUT2D eigenvalue weighted by Crippen LogP contribution is -2.43. The summed E-state index contributed by atoms with van der Waals surface area (Å²) in [4.78, 5) is 11.5. The summed E-state index contributed by atoms with van der Waals surface area (Å²) in [5.74, 6) is 0.888. The van der Waals surface area contributed by atoms with Crippen molar-refractivity contribution in [3.8, 4) is 0 Å². The Morgan fingerprint density at radius 3 is 2.58 bits per heavy atom. The van der Waals surface area contributed by atoms with E-state index in [9.17, 15) is 0 Å². The number of nitrogens with zero attached hydrogens (tertiary/aromatic N) is 4. The third kappa shape index (κ3) is 3.90. The molecule has 6 nitrogen and oxygen atoms in total. The first-order valence-corrected chi connectivity index (χ1v) is 10.0. The molecule has 4 rings (SSSR count). The van der Waals surface area contributed by atoms with Gasteiger partial charge in [-0.25, -0.2) is 9.97 Å². The lowest BCUT2D eigenvalue weighted by molar-refractivity contribution is 0.408. The summed E-state index contributed by atoms with van der Waals surface area (Å²) < 4.78 is 0. The molecule has 26 heavy (non-hydrogen) atoms. The van der Waals surface area contributed by atoms with Gasteiger partial charge in [0, 0.05) is 42.8 Å². The second kappa shape index (κ2) is 7.74. The molecular formula is C20H30N6. The Bertz CT molecular complexity index is 725. The van der Waals surface area contributed by atoms with Gasteiger partial charge in [0.25, 0.3) is 0 Å². The van der Waals surface area contributed by atoms with Crippen molar-refractivity contribution >= 4 is 5.95 Å². The highest BCUT2D eigenvalue weighted by atomic mass is 15.3. The van der Waals surface area contributed by atoms with Crippen LogP contribution in [0.25, 0.3) is 0 Å². The van der Waals surface area contributed by atoms with Gasteiger partial charge in [0.05, 0.1) is 5.69 Å². The molecule has 0 atom stereocenters. The number of H-pyrrole nitrogens is 1. The minimum atomic E-state index is 0.551. The zero-order valence-corrected chi connectivity index (χ0v) is 16.0. The molecule has 0 unspecified atom stereocenters. The van der Waals surface area contributed by atoms with Crippen molar-refractivity contribution in [2.45, 2.75) is 71.4 Å². The summed E-state index contributed by atoms with van der Waals surface area (Å²) in [7, 11) is 0. The minimum Gasteiger partial charge on any atom is -0.341 e. The predicted molar refractivity (Wildman–Crippen MR) is 103 cm³/mol. The quantitative estimate of drug-likeness (QED) is 0.826. The van der Waals surface area contributed by atoms with Crippen molar-refractivity contribution in [1.29, 1.82) is 0 Å². The van der Waals surface area contributed by atoms with Gasteiger partial charge in [-0.15, -0.1) is 0 Å². The lowest BCUT2D eigenvalue weighted by atomic mass is 10.0. The Kier molecular flexibility index (Phi) is 5.20. The number of aromatic amines is 1. The molecule has 0 spiro atoms. The van der Waals surface area contributed by atoms with Crippen LogP contribution in [0.5, 0.6) is 0 Å². The van der Waals surface area contributed by atoms with E-state index < -0.39 is 0 Å². The van der Waals surface area contributed by atoms with Gasteiger partial charge >= 0.3 is 0 Å². The Morgan fingerprint density at radius 2 is 1.81 bits per heavy atom. The molecule has 1 aliphatic carbocycles. The summed E-state index contributed by atoms with van der Waals surface area (Å²) in [6.45, 7) is 6.99. The maximum absolute atomic E-state index is 4.61. The molecule has 2 aromatic heterocycles. The fourth-order valence-corrected chi connectivity index (χ4v) is 4.25. The smallest absolute Gasteiger partial charge is 0.225 e. The molecule has 0 bridgehead atoms. The van der Waals surface area contributed by atoms with Crippen molar-refractivity contribution in [3.63, 3.8) is 0 Å². The Balaban J connectivity index is 1.31. The number of aryl methyl sites for hydroxylation is 3. The molecule has 1 fully saturated rings. The van der Waals surface area contributed by atoms with Crippen molar-refractivity contribution in [2.24, 2.45) is 0 Å². The molecule has 0 amide bonds. The zero-order chi connectivity index (χ0) is 17.9. The first-order valence-electron chi connectivity index (χ1n) is 10.0. The standard InChI is InChI=1S/C20H30N6/c1-14-12-15(2)23-20(22-14)26-10-8-16(9-11-26)21-13-19-17-6-4-3-5-7-18(17)24-25-19/h12,16,21H,3-11,13H2,1-2H3,(H,24,25). The van der Waals surface area contributed by atoms with Crippen molar-refractivity contribution in [1.82, 2.24) is 25.5 Å². The van der Waals surface area contributed by atoms with E-state index in [1.165, 1.54) is 42.6 Å². The summed E-state index contributed by atoms with van der Waals surface area (Å²) >= 11 is 0. The highest BCUT2D eigenvalue weighted by Gasteiger charge is 2.22. The largest absolute Gasteiger partial charge is 0.341 e. The molecular weight excluding hydrogens is 324 g/mol. The molecule has 0 aromatic carbocycles. The third-order valence-corrected chi connectivity index (χ3v) is 5.70. The third-order valence-electron chi connectivity index (χ3n) is 5.70. The molecule has 2 N–H and O–H groups in total. The van der Waals surface area contributed by atoms with E-state index in [1.807, 2.05) is 19.9 Å². The second-order valence-corrected chi connectivity index (χ2v) is 7.78. The van der Waals surface area contributed by atoms with Crippen LogP contribution in [-0.2, 0) is 19.4 Å². The number of aromatic nitrogens is 4. The highest BCUT2D eigenvalue weighted by Crippen LogP contribution is 2.22. The van der Waals surface area contributed by atoms with Crippen LogP contribution in [0.15, 0.2) is 6.07 Å². The van der Waals surface area contributed by atoms with E-state index in [1.54, 1.807) is 0 Å². The average Bonchev–Trinajstić information content (AvgIpc) is 2.86. The number of hydrogen-bond donors (Lipinski definition) is 2. The fourth-order valence-electron chi connectivity index (χ4n) is 4.25. The van der Waals surface area contributed by atoms with Gasteiger partial charge in [0.1, 0.15) is 0 Å². The molecule has 6 heteroatoms. The number of piperidine rings is 1. The van der Waals surface area contributed by atoms with Crippen LogP contribution in [-0.4, -0.2) is 39.3 Å².